The Morgan fingerprint density at radius 3 is 2.70 bits per heavy atom. The summed E-state index contributed by atoms with van der Waals surface area (Å²) in [7, 11) is 0. The van der Waals surface area contributed by atoms with E-state index in [0.29, 0.717) is 0 Å². The number of ketones is 1. The SMILES string of the molecule is CC(=O)OC/C=C/[C@H]1CCC[C@@H]1C(=O)c1ccccc1. The highest BCUT2D eigenvalue weighted by atomic mass is 16.5. The molecule has 1 aromatic carbocycles. The Bertz CT molecular complexity index is 490. The first-order chi connectivity index (χ1) is 9.68. The molecule has 3 nitrogen and oxygen atoms in total. The average Bonchev–Trinajstić information content (AvgIpc) is 2.92. The van der Waals surface area contributed by atoms with Gasteiger partial charge in [-0.25, -0.2) is 0 Å². The molecule has 1 fully saturated rings. The van der Waals surface area contributed by atoms with Gasteiger partial charge in [-0.2, -0.15) is 0 Å². The molecular weight excluding hydrogens is 252 g/mol. The number of Topliss-reactive ketones (excluding diaryl/α,β-unsaturated/α-hetero) is 1. The fourth-order valence-corrected chi connectivity index (χ4v) is 2.76. The van der Waals surface area contributed by atoms with Crippen LogP contribution in [0.5, 0.6) is 0 Å². The summed E-state index contributed by atoms with van der Waals surface area (Å²) in [6, 6.07) is 9.46. The van der Waals surface area contributed by atoms with Crippen molar-refractivity contribution in [1.82, 2.24) is 0 Å². The van der Waals surface area contributed by atoms with Crippen LogP contribution in [0, 0.1) is 11.8 Å². The van der Waals surface area contributed by atoms with E-state index in [-0.39, 0.29) is 30.2 Å². The van der Waals surface area contributed by atoms with Gasteiger partial charge in [-0.15, -0.1) is 0 Å². The Morgan fingerprint density at radius 2 is 2.00 bits per heavy atom. The van der Waals surface area contributed by atoms with E-state index in [2.05, 4.69) is 0 Å². The Kier molecular flexibility index (Phi) is 5.10. The van der Waals surface area contributed by atoms with Crippen molar-refractivity contribution in [3.8, 4) is 0 Å². The second-order valence-electron chi connectivity index (χ2n) is 5.16. The van der Waals surface area contributed by atoms with E-state index in [4.69, 9.17) is 4.74 Å². The van der Waals surface area contributed by atoms with Crippen molar-refractivity contribution in [1.29, 1.82) is 0 Å². The quantitative estimate of drug-likeness (QED) is 0.469. The number of benzene rings is 1. The van der Waals surface area contributed by atoms with Crippen LogP contribution >= 0.6 is 0 Å². The molecule has 0 unspecified atom stereocenters. The number of carbonyl (C=O) groups excluding carboxylic acids is 2. The summed E-state index contributed by atoms with van der Waals surface area (Å²) < 4.78 is 4.87. The monoisotopic (exact) mass is 272 g/mol. The first-order valence-corrected chi connectivity index (χ1v) is 7.08. The van der Waals surface area contributed by atoms with Gasteiger partial charge in [0.1, 0.15) is 6.61 Å². The fourth-order valence-electron chi connectivity index (χ4n) is 2.76. The summed E-state index contributed by atoms with van der Waals surface area (Å²) in [5, 5.41) is 0. The minimum atomic E-state index is -0.280. The van der Waals surface area contributed by atoms with Crippen LogP contribution in [0.25, 0.3) is 0 Å². The molecule has 1 saturated carbocycles. The Hall–Kier alpha value is -1.90. The highest BCUT2D eigenvalue weighted by Gasteiger charge is 2.31. The lowest BCUT2D eigenvalue weighted by atomic mass is 9.88. The molecule has 0 amide bonds. The summed E-state index contributed by atoms with van der Waals surface area (Å²) in [5.41, 5.74) is 0.790. The third-order valence-electron chi connectivity index (χ3n) is 3.73. The van der Waals surface area contributed by atoms with E-state index in [0.717, 1.165) is 24.8 Å². The second kappa shape index (κ2) is 7.04. The lowest BCUT2D eigenvalue weighted by Crippen LogP contribution is -2.18. The lowest BCUT2D eigenvalue weighted by Gasteiger charge is -2.15. The zero-order chi connectivity index (χ0) is 14.4. The topological polar surface area (TPSA) is 43.4 Å². The average molecular weight is 272 g/mol. The Balaban J connectivity index is 1.97. The van der Waals surface area contributed by atoms with Crippen LogP contribution in [0.4, 0.5) is 0 Å². The minimum absolute atomic E-state index is 0.0611. The molecule has 20 heavy (non-hydrogen) atoms. The first-order valence-electron chi connectivity index (χ1n) is 7.08. The molecule has 106 valence electrons. The molecule has 0 heterocycles. The van der Waals surface area contributed by atoms with Crippen LogP contribution < -0.4 is 0 Å². The predicted octanol–water partition coefficient (Wildman–Crippen LogP) is 3.40. The third-order valence-corrected chi connectivity index (χ3v) is 3.73. The molecule has 0 spiro atoms. The first kappa shape index (κ1) is 14.5. The van der Waals surface area contributed by atoms with Crippen molar-refractivity contribution in [3.05, 3.63) is 48.0 Å². The predicted molar refractivity (Wildman–Crippen MR) is 77.4 cm³/mol. The van der Waals surface area contributed by atoms with E-state index < -0.39 is 0 Å². The number of esters is 1. The highest BCUT2D eigenvalue weighted by molar-refractivity contribution is 5.98. The van der Waals surface area contributed by atoms with Crippen molar-refractivity contribution < 1.29 is 14.3 Å². The lowest BCUT2D eigenvalue weighted by molar-refractivity contribution is -0.139. The van der Waals surface area contributed by atoms with E-state index in [1.165, 1.54) is 6.92 Å². The molecule has 1 aromatic rings. The van der Waals surface area contributed by atoms with Crippen molar-refractivity contribution in [2.24, 2.45) is 11.8 Å². The number of ether oxygens (including phenoxy) is 1. The molecule has 0 bridgehead atoms. The highest BCUT2D eigenvalue weighted by Crippen LogP contribution is 2.35. The molecule has 1 aliphatic rings. The van der Waals surface area contributed by atoms with Gasteiger partial charge in [-0.05, 0) is 18.8 Å². The number of carbonyl (C=O) groups is 2. The van der Waals surface area contributed by atoms with Crippen LogP contribution in [0.15, 0.2) is 42.5 Å². The standard InChI is InChI=1S/C17H20O3/c1-13(18)20-12-6-10-14-9-5-11-16(14)17(19)15-7-3-2-4-8-15/h2-4,6-8,10,14,16H,5,9,11-12H2,1H3/b10-6+/t14-,16+/m1/s1. The number of allylic oxidation sites excluding steroid dienone is 1. The maximum Gasteiger partial charge on any atom is 0.302 e. The van der Waals surface area contributed by atoms with Gasteiger partial charge in [0.05, 0.1) is 0 Å². The van der Waals surface area contributed by atoms with Crippen molar-refractivity contribution in [2.75, 3.05) is 6.61 Å². The zero-order valence-electron chi connectivity index (χ0n) is 11.7. The maximum atomic E-state index is 12.5. The van der Waals surface area contributed by atoms with E-state index in [1.807, 2.05) is 42.5 Å². The summed E-state index contributed by atoms with van der Waals surface area (Å²) in [6.07, 6.45) is 6.92. The maximum absolute atomic E-state index is 12.5. The molecule has 0 aromatic heterocycles. The van der Waals surface area contributed by atoms with Crippen LogP contribution in [0.1, 0.15) is 36.5 Å². The van der Waals surface area contributed by atoms with Crippen molar-refractivity contribution in [3.63, 3.8) is 0 Å². The van der Waals surface area contributed by atoms with Crippen LogP contribution in [0.3, 0.4) is 0 Å². The summed E-state index contributed by atoms with van der Waals surface area (Å²) in [5.74, 6) is 0.271. The van der Waals surface area contributed by atoms with E-state index >= 15 is 0 Å². The fraction of sp³-hybridized carbons (Fsp3) is 0.412. The van der Waals surface area contributed by atoms with Crippen molar-refractivity contribution >= 4 is 11.8 Å². The van der Waals surface area contributed by atoms with Gasteiger partial charge in [-0.3, -0.25) is 9.59 Å². The van der Waals surface area contributed by atoms with Gasteiger partial charge in [0.15, 0.2) is 5.78 Å². The molecule has 2 rings (SSSR count). The minimum Gasteiger partial charge on any atom is -0.462 e. The third kappa shape index (κ3) is 3.80. The van der Waals surface area contributed by atoms with Gasteiger partial charge in [0.2, 0.25) is 0 Å². The summed E-state index contributed by atoms with van der Waals surface area (Å²) in [4.78, 5) is 23.2. The molecule has 2 atom stereocenters. The van der Waals surface area contributed by atoms with Gasteiger partial charge >= 0.3 is 5.97 Å². The van der Waals surface area contributed by atoms with Crippen LogP contribution in [-0.4, -0.2) is 18.4 Å². The summed E-state index contributed by atoms with van der Waals surface area (Å²) >= 11 is 0. The zero-order valence-corrected chi connectivity index (χ0v) is 11.7. The molecule has 3 heteroatoms. The van der Waals surface area contributed by atoms with E-state index in [1.54, 1.807) is 0 Å². The van der Waals surface area contributed by atoms with Gasteiger partial charge in [0, 0.05) is 18.4 Å². The number of hydrogen-bond acceptors (Lipinski definition) is 3. The largest absolute Gasteiger partial charge is 0.462 e. The van der Waals surface area contributed by atoms with Gasteiger partial charge in [-0.1, -0.05) is 48.9 Å². The normalized spacial score (nSPS) is 22.1. The van der Waals surface area contributed by atoms with Crippen molar-refractivity contribution in [2.45, 2.75) is 26.2 Å². The molecule has 0 saturated heterocycles. The molecule has 0 aliphatic heterocycles. The van der Waals surface area contributed by atoms with Crippen LogP contribution in [0.2, 0.25) is 0 Å². The van der Waals surface area contributed by atoms with E-state index in [9.17, 15) is 9.59 Å². The number of rotatable bonds is 5. The number of hydrogen-bond donors (Lipinski definition) is 0. The molecular formula is C17H20O3. The smallest absolute Gasteiger partial charge is 0.302 e. The summed E-state index contributed by atoms with van der Waals surface area (Å²) in [6.45, 7) is 1.68. The van der Waals surface area contributed by atoms with Gasteiger partial charge < -0.3 is 4.74 Å². The Morgan fingerprint density at radius 1 is 1.25 bits per heavy atom. The second-order valence-corrected chi connectivity index (χ2v) is 5.16. The van der Waals surface area contributed by atoms with Gasteiger partial charge in [0.25, 0.3) is 0 Å². The molecule has 1 aliphatic carbocycles. The molecule has 0 N–H and O–H groups in total. The Labute approximate surface area is 119 Å². The molecule has 0 radical (unpaired) electrons. The van der Waals surface area contributed by atoms with Crippen LogP contribution in [-0.2, 0) is 9.53 Å².